The smallest absolute Gasteiger partial charge is 0.164 e. The molecular formula is C12H17NO3S. The number of hydrogen-bond donors (Lipinski definition) is 0. The third-order valence-corrected chi connectivity index (χ3v) is 4.25. The number of carbonyl (C=O) groups excluding carboxylic acids is 1. The van der Waals surface area contributed by atoms with Gasteiger partial charge in [0.1, 0.15) is 9.84 Å². The van der Waals surface area contributed by atoms with Crippen LogP contribution in [0.4, 0.5) is 0 Å². The van der Waals surface area contributed by atoms with Gasteiger partial charge >= 0.3 is 0 Å². The fourth-order valence-corrected chi connectivity index (χ4v) is 3.52. The van der Waals surface area contributed by atoms with Gasteiger partial charge in [0, 0.05) is 36.2 Å². The van der Waals surface area contributed by atoms with Crippen LogP contribution in [0.5, 0.6) is 0 Å². The minimum Gasteiger partial charge on any atom is -0.347 e. The van der Waals surface area contributed by atoms with Crippen LogP contribution in [0.1, 0.15) is 41.9 Å². The van der Waals surface area contributed by atoms with Gasteiger partial charge in [-0.2, -0.15) is 0 Å². The number of hydrogen-bond acceptors (Lipinski definition) is 3. The molecule has 94 valence electrons. The van der Waals surface area contributed by atoms with Gasteiger partial charge in [-0.05, 0) is 25.8 Å². The van der Waals surface area contributed by atoms with E-state index in [0.29, 0.717) is 6.42 Å². The molecule has 0 aromatic carbocycles. The van der Waals surface area contributed by atoms with Gasteiger partial charge in [-0.15, -0.1) is 0 Å². The molecule has 0 aliphatic heterocycles. The molecule has 0 saturated carbocycles. The molecule has 1 atom stereocenters. The highest BCUT2D eigenvalue weighted by atomic mass is 32.2. The van der Waals surface area contributed by atoms with Crippen LogP contribution < -0.4 is 0 Å². The van der Waals surface area contributed by atoms with Gasteiger partial charge in [0.05, 0.1) is 5.75 Å². The molecule has 1 unspecified atom stereocenters. The molecule has 1 aliphatic carbocycles. The lowest BCUT2D eigenvalue weighted by Gasteiger charge is -2.19. The summed E-state index contributed by atoms with van der Waals surface area (Å²) in [5.41, 5.74) is 1.77. The third kappa shape index (κ3) is 2.60. The Hall–Kier alpha value is -1.10. The van der Waals surface area contributed by atoms with E-state index in [9.17, 15) is 13.2 Å². The first-order valence-corrected chi connectivity index (χ1v) is 7.85. The molecule has 0 amide bonds. The Bertz CT molecular complexity index is 542. The van der Waals surface area contributed by atoms with Crippen molar-refractivity contribution >= 4 is 15.6 Å². The molecule has 1 aliphatic rings. The lowest BCUT2D eigenvalue weighted by molar-refractivity contribution is 0.0971. The zero-order valence-corrected chi connectivity index (χ0v) is 11.0. The molecule has 0 spiro atoms. The fraction of sp³-hybridized carbons (Fsp3) is 0.583. The molecule has 2 rings (SSSR count). The minimum absolute atomic E-state index is 0.111. The topological polar surface area (TPSA) is 56.1 Å². The highest BCUT2D eigenvalue weighted by Gasteiger charge is 2.23. The maximum atomic E-state index is 11.7. The number of sulfone groups is 1. The zero-order chi connectivity index (χ0) is 12.6. The van der Waals surface area contributed by atoms with Crippen LogP contribution in [0.15, 0.2) is 12.3 Å². The van der Waals surface area contributed by atoms with E-state index in [2.05, 4.69) is 0 Å². The zero-order valence-electron chi connectivity index (χ0n) is 10.1. The maximum Gasteiger partial charge on any atom is 0.164 e. The van der Waals surface area contributed by atoms with Crippen LogP contribution in [0, 0.1) is 0 Å². The second-order valence-corrected chi connectivity index (χ2v) is 6.99. The Kier molecular flexibility index (Phi) is 3.12. The van der Waals surface area contributed by atoms with Crippen molar-refractivity contribution in [3.8, 4) is 0 Å². The van der Waals surface area contributed by atoms with Gasteiger partial charge in [0.2, 0.25) is 0 Å². The van der Waals surface area contributed by atoms with Crippen molar-refractivity contribution < 1.29 is 13.2 Å². The molecule has 5 heteroatoms. The molecule has 4 nitrogen and oxygen atoms in total. The quantitative estimate of drug-likeness (QED) is 0.824. The van der Waals surface area contributed by atoms with Gasteiger partial charge in [-0.3, -0.25) is 4.79 Å². The number of Topliss-reactive ketones (excluding diaryl/α,β-unsaturated/α-hetero) is 1. The van der Waals surface area contributed by atoms with Crippen molar-refractivity contribution in [2.75, 3.05) is 12.0 Å². The van der Waals surface area contributed by atoms with Crippen LogP contribution in [0.2, 0.25) is 0 Å². The molecule has 0 bridgehead atoms. The number of nitrogens with zero attached hydrogens (tertiary/aromatic N) is 1. The second-order valence-electron chi connectivity index (χ2n) is 4.80. The summed E-state index contributed by atoms with van der Waals surface area (Å²) in [5, 5.41) is 0. The molecule has 1 aromatic rings. The Morgan fingerprint density at radius 3 is 2.76 bits per heavy atom. The number of aromatic nitrogens is 1. The molecule has 0 saturated heterocycles. The van der Waals surface area contributed by atoms with Crippen LogP contribution in [0.25, 0.3) is 0 Å². The summed E-state index contributed by atoms with van der Waals surface area (Å²) in [7, 11) is -3.00. The van der Waals surface area contributed by atoms with E-state index in [-0.39, 0.29) is 17.6 Å². The van der Waals surface area contributed by atoms with Gasteiger partial charge in [0.25, 0.3) is 0 Å². The lowest BCUT2D eigenvalue weighted by Crippen LogP contribution is -2.20. The maximum absolute atomic E-state index is 11.7. The Morgan fingerprint density at radius 1 is 1.41 bits per heavy atom. The Morgan fingerprint density at radius 2 is 2.12 bits per heavy atom. The molecule has 0 radical (unpaired) electrons. The Labute approximate surface area is 102 Å². The van der Waals surface area contributed by atoms with Crippen LogP contribution >= 0.6 is 0 Å². The first-order chi connectivity index (χ1) is 7.88. The van der Waals surface area contributed by atoms with Crippen molar-refractivity contribution in [3.63, 3.8) is 0 Å². The first kappa shape index (κ1) is 12.4. The fourth-order valence-electron chi connectivity index (χ4n) is 2.48. The van der Waals surface area contributed by atoms with Crippen molar-refractivity contribution in [1.29, 1.82) is 0 Å². The van der Waals surface area contributed by atoms with E-state index in [1.807, 2.05) is 23.8 Å². The monoisotopic (exact) mass is 255 g/mol. The number of carbonyl (C=O) groups is 1. The second kappa shape index (κ2) is 4.29. The average molecular weight is 255 g/mol. The van der Waals surface area contributed by atoms with Crippen LogP contribution in [-0.4, -0.2) is 30.8 Å². The number of rotatable bonds is 3. The predicted octanol–water partition coefficient (Wildman–Crippen LogP) is 1.61. The largest absolute Gasteiger partial charge is 0.347 e. The van der Waals surface area contributed by atoms with Crippen molar-refractivity contribution in [3.05, 3.63) is 23.5 Å². The van der Waals surface area contributed by atoms with E-state index >= 15 is 0 Å². The predicted molar refractivity (Wildman–Crippen MR) is 66.1 cm³/mol. The van der Waals surface area contributed by atoms with Gasteiger partial charge in [-0.1, -0.05) is 0 Å². The van der Waals surface area contributed by atoms with Gasteiger partial charge < -0.3 is 4.57 Å². The summed E-state index contributed by atoms with van der Waals surface area (Å²) in [6, 6.07) is 1.70. The van der Waals surface area contributed by atoms with Crippen LogP contribution in [0.3, 0.4) is 0 Å². The van der Waals surface area contributed by atoms with Crippen LogP contribution in [-0.2, 0) is 16.3 Å². The number of ketones is 1. The minimum atomic E-state index is -3.00. The number of fused-ring (bicyclic) bond motifs is 1. The van der Waals surface area contributed by atoms with E-state index in [0.717, 1.165) is 24.1 Å². The molecule has 0 N–H and O–H groups in total. The summed E-state index contributed by atoms with van der Waals surface area (Å²) in [4.78, 5) is 11.7. The summed E-state index contributed by atoms with van der Waals surface area (Å²) in [6.07, 6.45) is 5.41. The normalized spacial score (nSPS) is 17.9. The molecular weight excluding hydrogens is 238 g/mol. The highest BCUT2D eigenvalue weighted by Crippen LogP contribution is 2.25. The van der Waals surface area contributed by atoms with E-state index in [1.54, 1.807) is 0 Å². The highest BCUT2D eigenvalue weighted by molar-refractivity contribution is 7.90. The summed E-state index contributed by atoms with van der Waals surface area (Å²) in [5.74, 6) is 0.291. The third-order valence-electron chi connectivity index (χ3n) is 3.16. The van der Waals surface area contributed by atoms with Gasteiger partial charge in [-0.25, -0.2) is 8.42 Å². The Balaban J connectivity index is 2.31. The van der Waals surface area contributed by atoms with Crippen molar-refractivity contribution in [2.45, 2.75) is 32.2 Å². The van der Waals surface area contributed by atoms with E-state index in [1.165, 1.54) is 6.26 Å². The molecule has 1 heterocycles. The van der Waals surface area contributed by atoms with E-state index < -0.39 is 9.84 Å². The van der Waals surface area contributed by atoms with Crippen molar-refractivity contribution in [2.24, 2.45) is 0 Å². The summed E-state index contributed by atoms with van der Waals surface area (Å²) >= 11 is 0. The van der Waals surface area contributed by atoms with Crippen molar-refractivity contribution in [1.82, 2.24) is 4.57 Å². The molecule has 1 aromatic heterocycles. The molecule has 0 fully saturated rings. The van der Waals surface area contributed by atoms with Gasteiger partial charge in [0.15, 0.2) is 5.78 Å². The summed E-state index contributed by atoms with van der Waals surface area (Å²) < 4.78 is 24.5. The van der Waals surface area contributed by atoms with E-state index in [4.69, 9.17) is 0 Å². The molecule has 17 heavy (non-hydrogen) atoms. The average Bonchev–Trinajstić information content (AvgIpc) is 2.60. The SMILES string of the molecule is CC(CS(C)(=O)=O)n1ccc2c1CCCC2=O. The summed E-state index contributed by atoms with van der Waals surface area (Å²) in [6.45, 7) is 1.88. The standard InChI is InChI=1S/C12H17NO3S/c1-9(8-17(2,15)16)13-7-6-10-11(13)4-3-5-12(10)14/h6-7,9H,3-5,8H2,1-2H3. The lowest BCUT2D eigenvalue weighted by atomic mass is 9.96. The first-order valence-electron chi connectivity index (χ1n) is 5.79.